The first-order chi connectivity index (χ1) is 8.19. The largest absolute Gasteiger partial charge is 0.495 e. The van der Waals surface area contributed by atoms with Gasteiger partial charge in [-0.1, -0.05) is 23.4 Å². The SMILES string of the molecule is COc1cc(NC2=NC(C)CCS2)ccc1Cl. The molecule has 0 amide bonds. The number of hydrogen-bond acceptors (Lipinski definition) is 4. The highest BCUT2D eigenvalue weighted by atomic mass is 35.5. The summed E-state index contributed by atoms with van der Waals surface area (Å²) >= 11 is 7.72. The number of halogens is 1. The van der Waals surface area contributed by atoms with Crippen molar-refractivity contribution in [3.8, 4) is 5.75 Å². The minimum atomic E-state index is 0.396. The topological polar surface area (TPSA) is 33.6 Å². The average molecular weight is 271 g/mol. The first kappa shape index (κ1) is 12.6. The summed E-state index contributed by atoms with van der Waals surface area (Å²) in [5, 5.41) is 4.87. The lowest BCUT2D eigenvalue weighted by Gasteiger charge is -2.18. The summed E-state index contributed by atoms with van der Waals surface area (Å²) in [7, 11) is 1.61. The van der Waals surface area contributed by atoms with Crippen molar-refractivity contribution in [1.29, 1.82) is 0 Å². The molecular formula is C12H15ClN2OS. The summed E-state index contributed by atoms with van der Waals surface area (Å²) in [4.78, 5) is 4.55. The van der Waals surface area contributed by atoms with Gasteiger partial charge in [0.25, 0.3) is 0 Å². The number of hydrogen-bond donors (Lipinski definition) is 1. The third kappa shape index (κ3) is 3.30. The van der Waals surface area contributed by atoms with Gasteiger partial charge in [-0.15, -0.1) is 0 Å². The molecule has 1 atom stereocenters. The van der Waals surface area contributed by atoms with E-state index < -0.39 is 0 Å². The van der Waals surface area contributed by atoms with E-state index >= 15 is 0 Å². The van der Waals surface area contributed by atoms with Crippen LogP contribution in [0.1, 0.15) is 13.3 Å². The summed E-state index contributed by atoms with van der Waals surface area (Å²) in [6, 6.07) is 6.02. The minimum absolute atomic E-state index is 0.396. The zero-order valence-corrected chi connectivity index (χ0v) is 11.4. The van der Waals surface area contributed by atoms with Gasteiger partial charge in [-0.3, -0.25) is 4.99 Å². The van der Waals surface area contributed by atoms with Gasteiger partial charge in [-0.05, 0) is 25.5 Å². The molecule has 1 aromatic carbocycles. The monoisotopic (exact) mass is 270 g/mol. The Labute approximate surface area is 111 Å². The van der Waals surface area contributed by atoms with E-state index in [9.17, 15) is 0 Å². The van der Waals surface area contributed by atoms with E-state index in [0.717, 1.165) is 23.0 Å². The number of methoxy groups -OCH3 is 1. The maximum Gasteiger partial charge on any atom is 0.161 e. The van der Waals surface area contributed by atoms with Crippen molar-refractivity contribution in [3.63, 3.8) is 0 Å². The zero-order chi connectivity index (χ0) is 12.3. The molecule has 0 spiro atoms. The van der Waals surface area contributed by atoms with Crippen LogP contribution in [0.5, 0.6) is 5.75 Å². The second-order valence-corrected chi connectivity index (χ2v) is 5.39. The Hall–Kier alpha value is -0.870. The molecule has 1 unspecified atom stereocenters. The lowest BCUT2D eigenvalue weighted by molar-refractivity contribution is 0.415. The molecule has 0 aromatic heterocycles. The standard InChI is InChI=1S/C12H15ClN2OS/c1-8-5-6-17-12(14-8)15-9-3-4-10(13)11(7-9)16-2/h3-4,7-8H,5-6H2,1-2H3,(H,14,15). The smallest absolute Gasteiger partial charge is 0.161 e. The summed E-state index contributed by atoms with van der Waals surface area (Å²) in [6.45, 7) is 2.13. The minimum Gasteiger partial charge on any atom is -0.495 e. The highest BCUT2D eigenvalue weighted by Crippen LogP contribution is 2.28. The van der Waals surface area contributed by atoms with Crippen molar-refractivity contribution in [2.24, 2.45) is 4.99 Å². The maximum absolute atomic E-state index is 5.97. The fourth-order valence-electron chi connectivity index (χ4n) is 1.56. The van der Waals surface area contributed by atoms with Crippen molar-refractivity contribution in [1.82, 2.24) is 0 Å². The molecule has 0 fully saturated rings. The molecule has 1 heterocycles. The van der Waals surface area contributed by atoms with E-state index in [1.54, 1.807) is 18.9 Å². The van der Waals surface area contributed by atoms with Crippen LogP contribution in [0.2, 0.25) is 5.02 Å². The van der Waals surface area contributed by atoms with Crippen molar-refractivity contribution in [3.05, 3.63) is 23.2 Å². The molecule has 0 bridgehead atoms. The van der Waals surface area contributed by atoms with Crippen LogP contribution < -0.4 is 10.1 Å². The third-order valence-electron chi connectivity index (χ3n) is 2.51. The highest BCUT2D eigenvalue weighted by Gasteiger charge is 2.12. The molecule has 1 aliphatic rings. The zero-order valence-electron chi connectivity index (χ0n) is 9.87. The molecule has 17 heavy (non-hydrogen) atoms. The van der Waals surface area contributed by atoms with Crippen LogP contribution >= 0.6 is 23.4 Å². The Balaban J connectivity index is 2.13. The van der Waals surface area contributed by atoms with Gasteiger partial charge < -0.3 is 10.1 Å². The number of ether oxygens (including phenoxy) is 1. The van der Waals surface area contributed by atoms with Crippen LogP contribution in [0.25, 0.3) is 0 Å². The van der Waals surface area contributed by atoms with Crippen LogP contribution in [-0.4, -0.2) is 24.1 Å². The van der Waals surface area contributed by atoms with E-state index in [0.29, 0.717) is 16.8 Å². The summed E-state index contributed by atoms with van der Waals surface area (Å²) in [6.07, 6.45) is 1.14. The van der Waals surface area contributed by atoms with Crippen molar-refractivity contribution < 1.29 is 4.74 Å². The van der Waals surface area contributed by atoms with E-state index in [-0.39, 0.29) is 0 Å². The van der Waals surface area contributed by atoms with Crippen LogP contribution in [0.3, 0.4) is 0 Å². The fourth-order valence-corrected chi connectivity index (χ4v) is 2.85. The van der Waals surface area contributed by atoms with Gasteiger partial charge in [0.15, 0.2) is 5.17 Å². The first-order valence-corrected chi connectivity index (χ1v) is 6.86. The molecule has 92 valence electrons. The predicted octanol–water partition coefficient (Wildman–Crippen LogP) is 3.64. The van der Waals surface area contributed by atoms with Gasteiger partial charge in [0.2, 0.25) is 0 Å². The molecule has 1 aliphatic heterocycles. The highest BCUT2D eigenvalue weighted by molar-refractivity contribution is 8.14. The number of rotatable bonds is 2. The van der Waals surface area contributed by atoms with E-state index in [1.165, 1.54) is 0 Å². The number of benzene rings is 1. The Morgan fingerprint density at radius 3 is 3.06 bits per heavy atom. The predicted molar refractivity (Wildman–Crippen MR) is 75.6 cm³/mol. The number of amidine groups is 1. The van der Waals surface area contributed by atoms with Gasteiger partial charge in [0.1, 0.15) is 5.75 Å². The number of anilines is 1. The van der Waals surface area contributed by atoms with Crippen LogP contribution in [0, 0.1) is 0 Å². The normalized spacial score (nSPS) is 19.7. The number of thioether (sulfide) groups is 1. The molecule has 0 aliphatic carbocycles. The molecule has 3 nitrogen and oxygen atoms in total. The lowest BCUT2D eigenvalue weighted by atomic mass is 10.3. The average Bonchev–Trinajstić information content (AvgIpc) is 2.32. The molecule has 0 saturated carbocycles. The third-order valence-corrected chi connectivity index (χ3v) is 3.75. The van der Waals surface area contributed by atoms with Gasteiger partial charge in [-0.25, -0.2) is 0 Å². The van der Waals surface area contributed by atoms with Crippen LogP contribution in [0.15, 0.2) is 23.2 Å². The quantitative estimate of drug-likeness (QED) is 0.891. The number of nitrogens with zero attached hydrogens (tertiary/aromatic N) is 1. The Morgan fingerprint density at radius 2 is 2.35 bits per heavy atom. The summed E-state index contributed by atoms with van der Waals surface area (Å²) in [5.41, 5.74) is 0.951. The van der Waals surface area contributed by atoms with Gasteiger partial charge in [-0.2, -0.15) is 0 Å². The molecule has 0 saturated heterocycles. The second kappa shape index (κ2) is 5.65. The lowest BCUT2D eigenvalue weighted by Crippen LogP contribution is -2.17. The van der Waals surface area contributed by atoms with E-state index in [2.05, 4.69) is 17.2 Å². The fraction of sp³-hybridized carbons (Fsp3) is 0.417. The summed E-state index contributed by atoms with van der Waals surface area (Å²) < 4.78 is 5.18. The molecular weight excluding hydrogens is 256 g/mol. The molecule has 5 heteroatoms. The van der Waals surface area contributed by atoms with Crippen LogP contribution in [0.4, 0.5) is 5.69 Å². The molecule has 1 N–H and O–H groups in total. The molecule has 2 rings (SSSR count). The number of nitrogens with one attached hydrogen (secondary N) is 1. The molecule has 0 radical (unpaired) electrons. The van der Waals surface area contributed by atoms with Crippen molar-refractivity contribution >= 4 is 34.2 Å². The number of aliphatic imine (C=N–C) groups is 1. The van der Waals surface area contributed by atoms with Gasteiger partial charge >= 0.3 is 0 Å². The van der Waals surface area contributed by atoms with Crippen molar-refractivity contribution in [2.45, 2.75) is 19.4 Å². The van der Waals surface area contributed by atoms with E-state index in [1.807, 2.05) is 18.2 Å². The Kier molecular flexibility index (Phi) is 4.18. The van der Waals surface area contributed by atoms with E-state index in [4.69, 9.17) is 16.3 Å². The molecule has 1 aromatic rings. The van der Waals surface area contributed by atoms with Gasteiger partial charge in [0, 0.05) is 17.5 Å². The van der Waals surface area contributed by atoms with Gasteiger partial charge in [0.05, 0.1) is 18.2 Å². The maximum atomic E-state index is 5.97. The van der Waals surface area contributed by atoms with Crippen LogP contribution in [-0.2, 0) is 0 Å². The second-order valence-electron chi connectivity index (χ2n) is 3.89. The van der Waals surface area contributed by atoms with Crippen molar-refractivity contribution in [2.75, 3.05) is 18.2 Å². The Morgan fingerprint density at radius 1 is 1.53 bits per heavy atom. The Bertz CT molecular complexity index is 437. The first-order valence-electron chi connectivity index (χ1n) is 5.50. The summed E-state index contributed by atoms with van der Waals surface area (Å²) in [5.74, 6) is 1.78.